The SMILES string of the molecule is COC(=O)[C@H]1CCCN(c2ncc(-c3cc(C)no3)c(-c3ccoc3C)n2)C1. The summed E-state index contributed by atoms with van der Waals surface area (Å²) in [5, 5.41) is 3.97. The van der Waals surface area contributed by atoms with E-state index in [-0.39, 0.29) is 11.9 Å². The van der Waals surface area contributed by atoms with Crippen LogP contribution in [0.15, 0.2) is 33.5 Å². The van der Waals surface area contributed by atoms with Crippen molar-refractivity contribution in [3.05, 3.63) is 36.0 Å². The Morgan fingerprint density at radius 3 is 2.86 bits per heavy atom. The lowest BCUT2D eigenvalue weighted by molar-refractivity contribution is -0.145. The van der Waals surface area contributed by atoms with Crippen molar-refractivity contribution in [2.45, 2.75) is 26.7 Å². The van der Waals surface area contributed by atoms with Gasteiger partial charge >= 0.3 is 5.97 Å². The standard InChI is InChI=1S/C20H22N4O4/c1-12-9-17(28-23-12)16-10-21-20(22-18(16)15-6-8-27-13(15)2)24-7-4-5-14(11-24)19(25)26-3/h6,8-10,14H,4-5,7,11H2,1-3H3/t14-/m0/s1. The summed E-state index contributed by atoms with van der Waals surface area (Å²) in [6.07, 6.45) is 5.07. The zero-order chi connectivity index (χ0) is 19.7. The number of piperidine rings is 1. The second-order valence-electron chi connectivity index (χ2n) is 6.96. The number of hydrogen-bond donors (Lipinski definition) is 0. The number of hydrogen-bond acceptors (Lipinski definition) is 8. The fraction of sp³-hybridized carbons (Fsp3) is 0.400. The van der Waals surface area contributed by atoms with Crippen LogP contribution in [-0.2, 0) is 9.53 Å². The van der Waals surface area contributed by atoms with Crippen LogP contribution < -0.4 is 4.90 Å². The Labute approximate surface area is 162 Å². The molecule has 8 heteroatoms. The maximum Gasteiger partial charge on any atom is 0.310 e. The molecule has 0 spiro atoms. The summed E-state index contributed by atoms with van der Waals surface area (Å²) < 4.78 is 15.8. The number of nitrogens with zero attached hydrogens (tertiary/aromatic N) is 4. The fourth-order valence-electron chi connectivity index (χ4n) is 3.55. The van der Waals surface area contributed by atoms with Gasteiger partial charge in [0, 0.05) is 30.9 Å². The minimum atomic E-state index is -0.190. The van der Waals surface area contributed by atoms with Gasteiger partial charge in [0.1, 0.15) is 5.76 Å². The van der Waals surface area contributed by atoms with Gasteiger partial charge in [0.2, 0.25) is 5.95 Å². The van der Waals surface area contributed by atoms with Crippen LogP contribution in [0.3, 0.4) is 0 Å². The molecule has 1 aliphatic rings. The smallest absolute Gasteiger partial charge is 0.310 e. The van der Waals surface area contributed by atoms with Crippen LogP contribution in [0, 0.1) is 19.8 Å². The third-order valence-electron chi connectivity index (χ3n) is 5.02. The molecule has 0 aliphatic carbocycles. The Morgan fingerprint density at radius 2 is 2.18 bits per heavy atom. The van der Waals surface area contributed by atoms with Crippen molar-refractivity contribution in [1.82, 2.24) is 15.1 Å². The topological polar surface area (TPSA) is 94.5 Å². The molecule has 1 fully saturated rings. The molecule has 3 aromatic rings. The monoisotopic (exact) mass is 382 g/mol. The number of ether oxygens (including phenoxy) is 1. The predicted molar refractivity (Wildman–Crippen MR) is 102 cm³/mol. The summed E-state index contributed by atoms with van der Waals surface area (Å²) in [5.74, 6) is 1.57. The summed E-state index contributed by atoms with van der Waals surface area (Å²) in [4.78, 5) is 23.4. The first kappa shape index (κ1) is 18.2. The summed E-state index contributed by atoms with van der Waals surface area (Å²) >= 11 is 0. The van der Waals surface area contributed by atoms with Gasteiger partial charge in [-0.2, -0.15) is 0 Å². The van der Waals surface area contributed by atoms with Crippen molar-refractivity contribution in [1.29, 1.82) is 0 Å². The van der Waals surface area contributed by atoms with Gasteiger partial charge < -0.3 is 18.6 Å². The molecule has 0 bridgehead atoms. The average Bonchev–Trinajstić information content (AvgIpc) is 3.35. The molecule has 0 amide bonds. The molecule has 0 N–H and O–H groups in total. The molecule has 3 aromatic heterocycles. The number of methoxy groups -OCH3 is 1. The first-order chi connectivity index (χ1) is 13.6. The van der Waals surface area contributed by atoms with Gasteiger partial charge in [-0.05, 0) is 32.8 Å². The molecule has 0 saturated carbocycles. The van der Waals surface area contributed by atoms with Crippen molar-refractivity contribution in [3.8, 4) is 22.6 Å². The number of aromatic nitrogens is 3. The van der Waals surface area contributed by atoms with Gasteiger partial charge in [-0.15, -0.1) is 0 Å². The third kappa shape index (κ3) is 3.37. The number of furan rings is 1. The van der Waals surface area contributed by atoms with Gasteiger partial charge in [0.15, 0.2) is 5.76 Å². The Kier molecular flexibility index (Phi) is 4.85. The highest BCUT2D eigenvalue weighted by Gasteiger charge is 2.28. The van der Waals surface area contributed by atoms with E-state index in [1.807, 2.05) is 30.9 Å². The van der Waals surface area contributed by atoms with Crippen LogP contribution in [0.1, 0.15) is 24.3 Å². The lowest BCUT2D eigenvalue weighted by Gasteiger charge is -2.31. The van der Waals surface area contributed by atoms with E-state index in [1.165, 1.54) is 7.11 Å². The molecular formula is C20H22N4O4. The molecular weight excluding hydrogens is 360 g/mol. The van der Waals surface area contributed by atoms with E-state index in [4.69, 9.17) is 18.7 Å². The van der Waals surface area contributed by atoms with E-state index in [1.54, 1.807) is 12.5 Å². The number of rotatable bonds is 4. The molecule has 8 nitrogen and oxygen atoms in total. The summed E-state index contributed by atoms with van der Waals surface area (Å²) in [7, 11) is 1.42. The average molecular weight is 382 g/mol. The van der Waals surface area contributed by atoms with Crippen LogP contribution in [0.5, 0.6) is 0 Å². The van der Waals surface area contributed by atoms with Gasteiger partial charge in [-0.25, -0.2) is 9.97 Å². The maximum atomic E-state index is 12.0. The molecule has 1 atom stereocenters. The lowest BCUT2D eigenvalue weighted by atomic mass is 9.98. The van der Waals surface area contributed by atoms with E-state index in [2.05, 4.69) is 10.1 Å². The largest absolute Gasteiger partial charge is 0.469 e. The van der Waals surface area contributed by atoms with Crippen LogP contribution in [0.4, 0.5) is 5.95 Å². The van der Waals surface area contributed by atoms with Gasteiger partial charge in [0.05, 0.1) is 36.2 Å². The predicted octanol–water partition coefficient (Wildman–Crippen LogP) is 3.40. The second-order valence-corrected chi connectivity index (χ2v) is 6.96. The first-order valence-electron chi connectivity index (χ1n) is 9.24. The highest BCUT2D eigenvalue weighted by atomic mass is 16.5. The van der Waals surface area contributed by atoms with E-state index >= 15 is 0 Å². The summed E-state index contributed by atoms with van der Waals surface area (Å²) in [6.45, 7) is 5.09. The van der Waals surface area contributed by atoms with Crippen LogP contribution in [-0.4, -0.2) is 41.3 Å². The molecule has 4 rings (SSSR count). The van der Waals surface area contributed by atoms with Gasteiger partial charge in [-0.1, -0.05) is 5.16 Å². The minimum Gasteiger partial charge on any atom is -0.469 e. The Balaban J connectivity index is 1.74. The molecule has 28 heavy (non-hydrogen) atoms. The lowest BCUT2D eigenvalue weighted by Crippen LogP contribution is -2.40. The molecule has 146 valence electrons. The summed E-state index contributed by atoms with van der Waals surface area (Å²) in [6, 6.07) is 3.73. The Bertz CT molecular complexity index is 994. The minimum absolute atomic E-state index is 0.168. The summed E-state index contributed by atoms with van der Waals surface area (Å²) in [5.41, 5.74) is 3.11. The fourth-order valence-corrected chi connectivity index (χ4v) is 3.55. The van der Waals surface area contributed by atoms with E-state index in [0.29, 0.717) is 23.9 Å². The number of carbonyl (C=O) groups excluding carboxylic acids is 1. The Hall–Kier alpha value is -3.16. The van der Waals surface area contributed by atoms with Crippen LogP contribution in [0.2, 0.25) is 0 Å². The zero-order valence-electron chi connectivity index (χ0n) is 16.1. The number of aryl methyl sites for hydroxylation is 2. The van der Waals surface area contributed by atoms with Crippen LogP contribution in [0.25, 0.3) is 22.6 Å². The van der Waals surface area contributed by atoms with Gasteiger partial charge in [0.25, 0.3) is 0 Å². The first-order valence-corrected chi connectivity index (χ1v) is 9.24. The van der Waals surface area contributed by atoms with Crippen molar-refractivity contribution in [3.63, 3.8) is 0 Å². The maximum absolute atomic E-state index is 12.0. The van der Waals surface area contributed by atoms with Crippen molar-refractivity contribution >= 4 is 11.9 Å². The van der Waals surface area contributed by atoms with Crippen molar-refractivity contribution < 1.29 is 18.5 Å². The number of anilines is 1. The van der Waals surface area contributed by atoms with Crippen molar-refractivity contribution in [2.75, 3.05) is 25.1 Å². The highest BCUT2D eigenvalue weighted by Crippen LogP contribution is 2.34. The molecule has 4 heterocycles. The normalized spacial score (nSPS) is 17.0. The Morgan fingerprint density at radius 1 is 1.32 bits per heavy atom. The molecule has 1 aliphatic heterocycles. The third-order valence-corrected chi connectivity index (χ3v) is 5.02. The molecule has 0 radical (unpaired) electrons. The highest BCUT2D eigenvalue weighted by molar-refractivity contribution is 5.79. The molecule has 0 aromatic carbocycles. The van der Waals surface area contributed by atoms with Gasteiger partial charge in [-0.3, -0.25) is 4.79 Å². The molecule has 0 unspecified atom stereocenters. The second kappa shape index (κ2) is 7.46. The zero-order valence-corrected chi connectivity index (χ0v) is 16.1. The van der Waals surface area contributed by atoms with Crippen LogP contribution >= 0.6 is 0 Å². The van der Waals surface area contributed by atoms with E-state index in [0.717, 1.165) is 42.0 Å². The molecule has 1 saturated heterocycles. The van der Waals surface area contributed by atoms with E-state index < -0.39 is 0 Å². The quantitative estimate of drug-likeness (QED) is 0.634. The van der Waals surface area contributed by atoms with Crippen molar-refractivity contribution in [2.24, 2.45) is 5.92 Å². The van der Waals surface area contributed by atoms with E-state index in [9.17, 15) is 4.79 Å². The number of carbonyl (C=O) groups is 1. The number of esters is 1.